The Bertz CT molecular complexity index is 219. The first kappa shape index (κ1) is 10.6. The standard InChI is InChI=1S/C8H14N2O2/c1-6(9-2)7(11)5-8(12)10(3)4/h5,9,11H,1H2,2-4H3. The van der Waals surface area contributed by atoms with Gasteiger partial charge in [-0.3, -0.25) is 4.79 Å². The molecule has 0 aliphatic carbocycles. The molecule has 68 valence electrons. The summed E-state index contributed by atoms with van der Waals surface area (Å²) >= 11 is 0. The van der Waals surface area contributed by atoms with Gasteiger partial charge in [0.05, 0.1) is 5.70 Å². The number of rotatable bonds is 3. The summed E-state index contributed by atoms with van der Waals surface area (Å²) in [5.74, 6) is -0.417. The third-order valence-electron chi connectivity index (χ3n) is 1.31. The highest BCUT2D eigenvalue weighted by atomic mass is 16.3. The van der Waals surface area contributed by atoms with Gasteiger partial charge in [0, 0.05) is 27.2 Å². The zero-order valence-electron chi connectivity index (χ0n) is 7.59. The van der Waals surface area contributed by atoms with Gasteiger partial charge in [-0.25, -0.2) is 0 Å². The fourth-order valence-corrected chi connectivity index (χ4v) is 0.461. The molecule has 0 atom stereocenters. The minimum Gasteiger partial charge on any atom is -0.506 e. The summed E-state index contributed by atoms with van der Waals surface area (Å²) in [6.45, 7) is 3.49. The lowest BCUT2D eigenvalue weighted by atomic mass is 10.3. The number of hydrogen-bond donors (Lipinski definition) is 2. The third-order valence-corrected chi connectivity index (χ3v) is 1.31. The second kappa shape index (κ2) is 4.43. The fraction of sp³-hybridized carbons (Fsp3) is 0.375. The number of carbonyl (C=O) groups is 1. The van der Waals surface area contributed by atoms with Gasteiger partial charge in [0.15, 0.2) is 0 Å². The molecule has 0 heterocycles. The maximum atomic E-state index is 11.0. The summed E-state index contributed by atoms with van der Waals surface area (Å²) in [5, 5.41) is 11.8. The van der Waals surface area contributed by atoms with E-state index in [9.17, 15) is 9.90 Å². The third kappa shape index (κ3) is 3.09. The number of amides is 1. The molecule has 0 unspecified atom stereocenters. The number of nitrogens with one attached hydrogen (secondary N) is 1. The van der Waals surface area contributed by atoms with Crippen LogP contribution in [0.1, 0.15) is 0 Å². The zero-order valence-corrected chi connectivity index (χ0v) is 7.59. The normalized spacial score (nSPS) is 10.8. The van der Waals surface area contributed by atoms with Gasteiger partial charge in [-0.05, 0) is 0 Å². The summed E-state index contributed by atoms with van der Waals surface area (Å²) in [5.41, 5.74) is 0.324. The Balaban J connectivity index is 4.36. The van der Waals surface area contributed by atoms with Gasteiger partial charge in [-0.1, -0.05) is 6.58 Å². The lowest BCUT2D eigenvalue weighted by molar-refractivity contribution is -0.123. The number of likely N-dealkylation sites (N-methyl/N-ethyl adjacent to an activating group) is 2. The van der Waals surface area contributed by atoms with Crippen LogP contribution >= 0.6 is 0 Å². The first-order chi connectivity index (χ1) is 5.49. The van der Waals surface area contributed by atoms with Gasteiger partial charge in [-0.15, -0.1) is 0 Å². The van der Waals surface area contributed by atoms with Crippen LogP contribution < -0.4 is 5.32 Å². The molecule has 0 rings (SSSR count). The van der Waals surface area contributed by atoms with E-state index in [1.54, 1.807) is 21.1 Å². The highest BCUT2D eigenvalue weighted by molar-refractivity contribution is 5.88. The van der Waals surface area contributed by atoms with Crippen LogP contribution in [0.25, 0.3) is 0 Å². The molecule has 0 saturated heterocycles. The lowest BCUT2D eigenvalue weighted by Gasteiger charge is -2.07. The molecule has 1 amide bonds. The molecule has 4 heteroatoms. The molecule has 0 spiro atoms. The summed E-state index contributed by atoms with van der Waals surface area (Å²) in [7, 11) is 4.83. The Morgan fingerprint density at radius 2 is 2.08 bits per heavy atom. The zero-order chi connectivity index (χ0) is 9.72. The second-order valence-electron chi connectivity index (χ2n) is 2.49. The highest BCUT2D eigenvalue weighted by Gasteiger charge is 2.03. The van der Waals surface area contributed by atoms with Crippen molar-refractivity contribution >= 4 is 5.91 Å². The Kier molecular flexibility index (Phi) is 3.90. The number of carbonyl (C=O) groups excluding carboxylic acids is 1. The molecule has 0 aliphatic rings. The summed E-state index contributed by atoms with van der Waals surface area (Å²) in [4.78, 5) is 12.4. The Morgan fingerprint density at radius 3 is 2.42 bits per heavy atom. The van der Waals surface area contributed by atoms with Crippen molar-refractivity contribution in [2.45, 2.75) is 0 Å². The molecule has 0 aromatic heterocycles. The summed E-state index contributed by atoms with van der Waals surface area (Å²) in [6.07, 6.45) is 1.11. The maximum Gasteiger partial charge on any atom is 0.249 e. The van der Waals surface area contributed by atoms with E-state index in [4.69, 9.17) is 0 Å². The van der Waals surface area contributed by atoms with Crippen LogP contribution in [-0.2, 0) is 4.79 Å². The fourth-order valence-electron chi connectivity index (χ4n) is 0.461. The first-order valence-corrected chi connectivity index (χ1v) is 3.48. The van der Waals surface area contributed by atoms with Gasteiger partial charge in [-0.2, -0.15) is 0 Å². The van der Waals surface area contributed by atoms with Crippen molar-refractivity contribution in [3.63, 3.8) is 0 Å². The van der Waals surface area contributed by atoms with Crippen LogP contribution in [-0.4, -0.2) is 37.1 Å². The lowest BCUT2D eigenvalue weighted by Crippen LogP contribution is -2.20. The molecule has 0 bridgehead atoms. The summed E-state index contributed by atoms with van der Waals surface area (Å²) < 4.78 is 0. The Labute approximate surface area is 72.2 Å². The van der Waals surface area contributed by atoms with Crippen molar-refractivity contribution in [3.05, 3.63) is 24.1 Å². The smallest absolute Gasteiger partial charge is 0.249 e. The summed E-state index contributed by atoms with van der Waals surface area (Å²) in [6, 6.07) is 0. The van der Waals surface area contributed by atoms with Crippen molar-refractivity contribution in [3.8, 4) is 0 Å². The van der Waals surface area contributed by atoms with Gasteiger partial charge < -0.3 is 15.3 Å². The number of nitrogens with zero attached hydrogens (tertiary/aromatic N) is 1. The average Bonchev–Trinajstić information content (AvgIpc) is 2.02. The van der Waals surface area contributed by atoms with Gasteiger partial charge in [0.1, 0.15) is 5.76 Å². The molecule has 0 saturated carbocycles. The van der Waals surface area contributed by atoms with Gasteiger partial charge >= 0.3 is 0 Å². The van der Waals surface area contributed by atoms with Crippen LogP contribution in [0.3, 0.4) is 0 Å². The highest BCUT2D eigenvalue weighted by Crippen LogP contribution is 1.98. The van der Waals surface area contributed by atoms with E-state index in [1.807, 2.05) is 0 Å². The topological polar surface area (TPSA) is 52.6 Å². The maximum absolute atomic E-state index is 11.0. The van der Waals surface area contributed by atoms with E-state index in [0.29, 0.717) is 5.70 Å². The molecular formula is C8H14N2O2. The molecule has 4 nitrogen and oxygen atoms in total. The van der Waals surface area contributed by atoms with E-state index < -0.39 is 0 Å². The monoisotopic (exact) mass is 170 g/mol. The van der Waals surface area contributed by atoms with E-state index >= 15 is 0 Å². The van der Waals surface area contributed by atoms with Crippen molar-refractivity contribution in [2.75, 3.05) is 21.1 Å². The quantitative estimate of drug-likeness (QED) is 0.362. The average molecular weight is 170 g/mol. The van der Waals surface area contributed by atoms with E-state index in [1.165, 1.54) is 4.90 Å². The molecule has 12 heavy (non-hydrogen) atoms. The minimum atomic E-state index is -0.274. The molecule has 2 N–H and O–H groups in total. The van der Waals surface area contributed by atoms with Gasteiger partial charge in [0.2, 0.25) is 5.91 Å². The Hall–Kier alpha value is -1.45. The van der Waals surface area contributed by atoms with E-state index in [2.05, 4.69) is 11.9 Å². The number of hydrogen-bond acceptors (Lipinski definition) is 3. The number of aliphatic hydroxyl groups is 1. The molecule has 0 aromatic carbocycles. The molecule has 0 fully saturated rings. The largest absolute Gasteiger partial charge is 0.506 e. The van der Waals surface area contributed by atoms with E-state index in [-0.39, 0.29) is 11.7 Å². The SMILES string of the molecule is C=C(NC)C(O)=CC(=O)N(C)C. The predicted octanol–water partition coefficient (Wildman–Crippen LogP) is 0.250. The number of aliphatic hydroxyl groups excluding tert-OH is 1. The molecule has 0 radical (unpaired) electrons. The molecule has 0 aromatic rings. The van der Waals surface area contributed by atoms with Crippen molar-refractivity contribution in [2.24, 2.45) is 0 Å². The van der Waals surface area contributed by atoms with Crippen LogP contribution in [0, 0.1) is 0 Å². The molecular weight excluding hydrogens is 156 g/mol. The van der Waals surface area contributed by atoms with Crippen LogP contribution in [0.5, 0.6) is 0 Å². The minimum absolute atomic E-state index is 0.142. The molecule has 0 aliphatic heterocycles. The van der Waals surface area contributed by atoms with Crippen LogP contribution in [0.2, 0.25) is 0 Å². The van der Waals surface area contributed by atoms with Crippen molar-refractivity contribution in [1.29, 1.82) is 0 Å². The second-order valence-corrected chi connectivity index (χ2v) is 2.49. The van der Waals surface area contributed by atoms with Crippen molar-refractivity contribution < 1.29 is 9.90 Å². The van der Waals surface area contributed by atoms with Crippen LogP contribution in [0.4, 0.5) is 0 Å². The first-order valence-electron chi connectivity index (χ1n) is 3.48. The van der Waals surface area contributed by atoms with E-state index in [0.717, 1.165) is 6.08 Å². The van der Waals surface area contributed by atoms with Gasteiger partial charge in [0.25, 0.3) is 0 Å². The van der Waals surface area contributed by atoms with Crippen LogP contribution in [0.15, 0.2) is 24.1 Å². The predicted molar refractivity (Wildman–Crippen MR) is 47.6 cm³/mol. The van der Waals surface area contributed by atoms with Crippen molar-refractivity contribution in [1.82, 2.24) is 10.2 Å². The Morgan fingerprint density at radius 1 is 1.58 bits per heavy atom.